The Balaban J connectivity index is 4.02. The SMILES string of the molecule is C=CCN(CC(C)C=C)C(=O)O. The van der Waals surface area contributed by atoms with Crippen LogP contribution in [0.3, 0.4) is 0 Å². The van der Waals surface area contributed by atoms with Crippen LogP contribution in [0.25, 0.3) is 0 Å². The maximum Gasteiger partial charge on any atom is 0.407 e. The highest BCUT2D eigenvalue weighted by molar-refractivity contribution is 5.65. The summed E-state index contributed by atoms with van der Waals surface area (Å²) in [6.07, 6.45) is 2.40. The molecular weight excluding hydrogens is 154 g/mol. The van der Waals surface area contributed by atoms with Gasteiger partial charge < -0.3 is 10.0 Å². The second kappa shape index (κ2) is 5.41. The van der Waals surface area contributed by atoms with Crippen LogP contribution in [0.15, 0.2) is 25.3 Å². The maximum atomic E-state index is 10.6. The van der Waals surface area contributed by atoms with Crippen LogP contribution < -0.4 is 0 Å². The Labute approximate surface area is 73.0 Å². The number of nitrogens with zero attached hydrogens (tertiary/aromatic N) is 1. The van der Waals surface area contributed by atoms with Crippen LogP contribution in [-0.2, 0) is 0 Å². The highest BCUT2D eigenvalue weighted by atomic mass is 16.4. The lowest BCUT2D eigenvalue weighted by atomic mass is 10.2. The van der Waals surface area contributed by atoms with Crippen LogP contribution in [0, 0.1) is 5.92 Å². The summed E-state index contributed by atoms with van der Waals surface area (Å²) in [5.74, 6) is 0.182. The van der Waals surface area contributed by atoms with Gasteiger partial charge in [-0.15, -0.1) is 13.2 Å². The summed E-state index contributed by atoms with van der Waals surface area (Å²) in [6, 6.07) is 0. The van der Waals surface area contributed by atoms with Gasteiger partial charge in [0.15, 0.2) is 0 Å². The van der Waals surface area contributed by atoms with Gasteiger partial charge in [-0.05, 0) is 5.92 Å². The Bertz CT molecular complexity index is 177. The predicted octanol–water partition coefficient (Wildman–Crippen LogP) is 1.97. The third-order valence-electron chi connectivity index (χ3n) is 1.53. The third kappa shape index (κ3) is 3.81. The molecule has 0 aromatic rings. The van der Waals surface area contributed by atoms with Crippen molar-refractivity contribution in [2.24, 2.45) is 5.92 Å². The highest BCUT2D eigenvalue weighted by Crippen LogP contribution is 2.00. The largest absolute Gasteiger partial charge is 0.465 e. The minimum Gasteiger partial charge on any atom is -0.465 e. The average Bonchev–Trinajstić information content (AvgIpc) is 2.03. The fraction of sp³-hybridized carbons (Fsp3) is 0.444. The molecule has 1 amide bonds. The lowest BCUT2D eigenvalue weighted by Crippen LogP contribution is -2.33. The fourth-order valence-corrected chi connectivity index (χ4v) is 0.809. The molecule has 1 atom stereocenters. The van der Waals surface area contributed by atoms with Crippen molar-refractivity contribution in [2.45, 2.75) is 6.92 Å². The van der Waals surface area contributed by atoms with Crippen LogP contribution in [0.1, 0.15) is 6.92 Å². The number of amides is 1. The highest BCUT2D eigenvalue weighted by Gasteiger charge is 2.11. The fourth-order valence-electron chi connectivity index (χ4n) is 0.809. The van der Waals surface area contributed by atoms with Crippen LogP contribution in [0.4, 0.5) is 4.79 Å². The zero-order valence-corrected chi connectivity index (χ0v) is 7.36. The quantitative estimate of drug-likeness (QED) is 0.639. The first-order valence-corrected chi connectivity index (χ1v) is 3.83. The van der Waals surface area contributed by atoms with E-state index in [2.05, 4.69) is 13.2 Å². The molecule has 3 nitrogen and oxygen atoms in total. The second-order valence-corrected chi connectivity index (χ2v) is 2.69. The molecule has 0 aromatic carbocycles. The van der Waals surface area contributed by atoms with E-state index in [0.717, 1.165) is 0 Å². The van der Waals surface area contributed by atoms with Crippen molar-refractivity contribution in [3.63, 3.8) is 0 Å². The van der Waals surface area contributed by atoms with E-state index >= 15 is 0 Å². The molecule has 12 heavy (non-hydrogen) atoms. The Hall–Kier alpha value is -1.25. The number of hydrogen-bond donors (Lipinski definition) is 1. The van der Waals surface area contributed by atoms with Gasteiger partial charge in [-0.2, -0.15) is 0 Å². The van der Waals surface area contributed by atoms with E-state index in [-0.39, 0.29) is 5.92 Å². The van der Waals surface area contributed by atoms with Gasteiger partial charge in [0, 0.05) is 13.1 Å². The van der Waals surface area contributed by atoms with Gasteiger partial charge in [0.25, 0.3) is 0 Å². The van der Waals surface area contributed by atoms with Gasteiger partial charge in [0.2, 0.25) is 0 Å². The molecule has 0 heterocycles. The summed E-state index contributed by atoms with van der Waals surface area (Å²) in [5.41, 5.74) is 0. The molecule has 0 aliphatic heterocycles. The minimum atomic E-state index is -0.913. The molecule has 0 spiro atoms. The Morgan fingerprint density at radius 2 is 2.25 bits per heavy atom. The summed E-state index contributed by atoms with van der Waals surface area (Å²) in [5, 5.41) is 8.69. The molecule has 0 radical (unpaired) electrons. The van der Waals surface area contributed by atoms with Crippen molar-refractivity contribution in [3.8, 4) is 0 Å². The molecular formula is C9H15NO2. The molecule has 0 aromatic heterocycles. The molecule has 0 saturated heterocycles. The van der Waals surface area contributed by atoms with Crippen molar-refractivity contribution in [3.05, 3.63) is 25.3 Å². The number of hydrogen-bond acceptors (Lipinski definition) is 1. The Morgan fingerprint density at radius 3 is 2.58 bits per heavy atom. The first-order chi connectivity index (χ1) is 5.61. The van der Waals surface area contributed by atoms with E-state index in [1.807, 2.05) is 6.92 Å². The molecule has 0 saturated carbocycles. The molecule has 0 rings (SSSR count). The van der Waals surface area contributed by atoms with E-state index in [1.54, 1.807) is 12.2 Å². The van der Waals surface area contributed by atoms with E-state index < -0.39 is 6.09 Å². The van der Waals surface area contributed by atoms with Crippen molar-refractivity contribution in [1.82, 2.24) is 4.90 Å². The van der Waals surface area contributed by atoms with Gasteiger partial charge in [-0.1, -0.05) is 19.1 Å². The number of carbonyl (C=O) groups is 1. The molecule has 0 aliphatic carbocycles. The van der Waals surface area contributed by atoms with Gasteiger partial charge in [0.1, 0.15) is 0 Å². The smallest absolute Gasteiger partial charge is 0.407 e. The Kier molecular flexibility index (Phi) is 4.84. The molecule has 0 bridgehead atoms. The van der Waals surface area contributed by atoms with Gasteiger partial charge in [-0.25, -0.2) is 4.79 Å². The standard InChI is InChI=1S/C9H15NO2/c1-4-6-10(9(11)12)7-8(3)5-2/h4-5,8H,1-2,6-7H2,3H3,(H,11,12). The second-order valence-electron chi connectivity index (χ2n) is 2.69. The summed E-state index contributed by atoms with van der Waals surface area (Å²) in [4.78, 5) is 11.9. The number of rotatable bonds is 5. The molecule has 68 valence electrons. The zero-order chi connectivity index (χ0) is 9.56. The first kappa shape index (κ1) is 10.8. The van der Waals surface area contributed by atoms with Crippen molar-refractivity contribution < 1.29 is 9.90 Å². The van der Waals surface area contributed by atoms with Crippen LogP contribution in [0.2, 0.25) is 0 Å². The van der Waals surface area contributed by atoms with E-state index in [0.29, 0.717) is 13.1 Å². The van der Waals surface area contributed by atoms with Crippen molar-refractivity contribution in [2.75, 3.05) is 13.1 Å². The van der Waals surface area contributed by atoms with Crippen LogP contribution in [-0.4, -0.2) is 29.2 Å². The van der Waals surface area contributed by atoms with E-state index in [1.165, 1.54) is 4.90 Å². The van der Waals surface area contributed by atoms with Crippen molar-refractivity contribution >= 4 is 6.09 Å². The molecule has 3 heteroatoms. The molecule has 1 unspecified atom stereocenters. The lowest BCUT2D eigenvalue weighted by Gasteiger charge is -2.19. The Morgan fingerprint density at radius 1 is 1.67 bits per heavy atom. The van der Waals surface area contributed by atoms with Gasteiger partial charge in [-0.3, -0.25) is 0 Å². The monoisotopic (exact) mass is 169 g/mol. The normalized spacial score (nSPS) is 11.8. The average molecular weight is 169 g/mol. The minimum absolute atomic E-state index is 0.182. The number of carboxylic acid groups (broad SMARTS) is 1. The predicted molar refractivity (Wildman–Crippen MR) is 49.2 cm³/mol. The summed E-state index contributed by atoms with van der Waals surface area (Å²) in [6.45, 7) is 9.84. The summed E-state index contributed by atoms with van der Waals surface area (Å²) >= 11 is 0. The first-order valence-electron chi connectivity index (χ1n) is 3.83. The van der Waals surface area contributed by atoms with Crippen molar-refractivity contribution in [1.29, 1.82) is 0 Å². The maximum absolute atomic E-state index is 10.6. The summed E-state index contributed by atoms with van der Waals surface area (Å²) < 4.78 is 0. The third-order valence-corrected chi connectivity index (χ3v) is 1.53. The summed E-state index contributed by atoms with van der Waals surface area (Å²) in [7, 11) is 0. The molecule has 0 aliphatic rings. The lowest BCUT2D eigenvalue weighted by molar-refractivity contribution is 0.146. The van der Waals surface area contributed by atoms with Crippen LogP contribution >= 0.6 is 0 Å². The topological polar surface area (TPSA) is 40.5 Å². The zero-order valence-electron chi connectivity index (χ0n) is 7.36. The van der Waals surface area contributed by atoms with E-state index in [9.17, 15) is 4.79 Å². The van der Waals surface area contributed by atoms with Crippen LogP contribution in [0.5, 0.6) is 0 Å². The van der Waals surface area contributed by atoms with Gasteiger partial charge >= 0.3 is 6.09 Å². The molecule has 0 fully saturated rings. The van der Waals surface area contributed by atoms with E-state index in [4.69, 9.17) is 5.11 Å². The van der Waals surface area contributed by atoms with Gasteiger partial charge in [0.05, 0.1) is 0 Å². The molecule has 1 N–H and O–H groups in total.